The zero-order chi connectivity index (χ0) is 18.4. The lowest BCUT2D eigenvalue weighted by Crippen LogP contribution is -2.07. The van der Waals surface area contributed by atoms with E-state index in [-0.39, 0.29) is 17.0 Å². The summed E-state index contributed by atoms with van der Waals surface area (Å²) in [7, 11) is 1.13. The van der Waals surface area contributed by atoms with Gasteiger partial charge in [-0.1, -0.05) is 12.1 Å². The van der Waals surface area contributed by atoms with Gasteiger partial charge in [-0.3, -0.25) is 10.1 Å². The first-order chi connectivity index (χ1) is 11.9. The van der Waals surface area contributed by atoms with Gasteiger partial charge in [-0.15, -0.1) is 0 Å². The maximum Gasteiger partial charge on any atom is 0.387 e. The summed E-state index contributed by atoms with van der Waals surface area (Å²) in [5.41, 5.74) is 0.711. The number of nitrogens with one attached hydrogen (secondary N) is 1. The quantitative estimate of drug-likeness (QED) is 0.465. The lowest BCUT2D eigenvalue weighted by atomic mass is 10.1. The second-order valence-corrected chi connectivity index (χ2v) is 4.86. The average Bonchev–Trinajstić information content (AvgIpc) is 2.59. The molecule has 0 heterocycles. The Hall–Kier alpha value is -3.23. The lowest BCUT2D eigenvalue weighted by Gasteiger charge is -2.09. The van der Waals surface area contributed by atoms with Gasteiger partial charge in [0.25, 0.3) is 5.69 Å². The molecule has 0 aromatic heterocycles. The summed E-state index contributed by atoms with van der Waals surface area (Å²) in [5, 5.41) is 13.9. The molecule has 0 bridgehead atoms. The number of methoxy groups -OCH3 is 1. The number of hydrogen-bond acceptors (Lipinski definition) is 6. The molecule has 0 fully saturated rings. The summed E-state index contributed by atoms with van der Waals surface area (Å²) in [5.74, 6) is -0.772. The van der Waals surface area contributed by atoms with E-state index in [9.17, 15) is 23.7 Å². The third kappa shape index (κ3) is 4.87. The van der Waals surface area contributed by atoms with Crippen LogP contribution in [-0.2, 0) is 11.3 Å². The van der Waals surface area contributed by atoms with Gasteiger partial charge < -0.3 is 14.8 Å². The number of ether oxygens (including phenoxy) is 2. The van der Waals surface area contributed by atoms with Gasteiger partial charge in [0.1, 0.15) is 11.3 Å². The number of hydrogen-bond donors (Lipinski definition) is 1. The number of nitro benzene ring substituents is 1. The van der Waals surface area contributed by atoms with Gasteiger partial charge in [0.05, 0.1) is 12.0 Å². The molecule has 0 unspecified atom stereocenters. The molecule has 2 rings (SSSR count). The van der Waals surface area contributed by atoms with E-state index in [0.717, 1.165) is 12.7 Å². The van der Waals surface area contributed by atoms with E-state index < -0.39 is 17.5 Å². The Bertz CT molecular complexity index is 766. The van der Waals surface area contributed by atoms with Gasteiger partial charge in [-0.25, -0.2) is 4.79 Å². The minimum atomic E-state index is -2.89. The van der Waals surface area contributed by atoms with Crippen molar-refractivity contribution in [3.05, 3.63) is 63.7 Å². The molecule has 0 saturated carbocycles. The maximum absolute atomic E-state index is 12.1. The Morgan fingerprint density at radius 2 is 1.92 bits per heavy atom. The highest BCUT2D eigenvalue weighted by Gasteiger charge is 2.21. The summed E-state index contributed by atoms with van der Waals surface area (Å²) in [6, 6.07) is 9.97. The van der Waals surface area contributed by atoms with Gasteiger partial charge in [0.15, 0.2) is 0 Å². The SMILES string of the molecule is COC(=O)c1cc(NCc2ccc(OC(F)F)cc2)ccc1[N+](=O)[O-]. The van der Waals surface area contributed by atoms with E-state index >= 15 is 0 Å². The zero-order valence-corrected chi connectivity index (χ0v) is 13.1. The summed E-state index contributed by atoms with van der Waals surface area (Å²) in [6.07, 6.45) is 0. The summed E-state index contributed by atoms with van der Waals surface area (Å²) in [6.45, 7) is -2.58. The van der Waals surface area contributed by atoms with Gasteiger partial charge in [0.2, 0.25) is 0 Å². The molecule has 25 heavy (non-hydrogen) atoms. The van der Waals surface area contributed by atoms with Crippen molar-refractivity contribution in [3.8, 4) is 5.75 Å². The summed E-state index contributed by atoms with van der Waals surface area (Å²) < 4.78 is 33.0. The molecule has 0 aliphatic rings. The van der Waals surface area contributed by atoms with E-state index in [1.807, 2.05) is 0 Å². The molecular formula is C16H14F2N2O5. The Morgan fingerprint density at radius 3 is 2.48 bits per heavy atom. The molecule has 0 amide bonds. The molecule has 9 heteroatoms. The maximum atomic E-state index is 12.1. The van der Waals surface area contributed by atoms with Crippen LogP contribution >= 0.6 is 0 Å². The van der Waals surface area contributed by atoms with Crippen molar-refractivity contribution >= 4 is 17.3 Å². The standard InChI is InChI=1S/C16H14F2N2O5/c1-24-15(21)13-8-11(4-7-14(13)20(22)23)19-9-10-2-5-12(6-3-10)25-16(17)18/h2-8,16,19H,9H2,1H3. The van der Waals surface area contributed by atoms with Crippen LogP contribution in [0.25, 0.3) is 0 Å². The first kappa shape index (κ1) is 18.1. The van der Waals surface area contributed by atoms with E-state index in [4.69, 9.17) is 0 Å². The van der Waals surface area contributed by atoms with E-state index in [0.29, 0.717) is 12.2 Å². The molecule has 0 atom stereocenters. The van der Waals surface area contributed by atoms with E-state index in [1.54, 1.807) is 12.1 Å². The molecular weight excluding hydrogens is 338 g/mol. The molecule has 2 aromatic carbocycles. The molecule has 132 valence electrons. The Labute approximate surface area is 141 Å². The van der Waals surface area contributed by atoms with Crippen molar-refractivity contribution in [2.24, 2.45) is 0 Å². The topological polar surface area (TPSA) is 90.7 Å². The Balaban J connectivity index is 2.10. The third-order valence-electron chi connectivity index (χ3n) is 3.24. The Morgan fingerprint density at radius 1 is 1.24 bits per heavy atom. The van der Waals surface area contributed by atoms with Crippen molar-refractivity contribution in [1.29, 1.82) is 0 Å². The van der Waals surface area contributed by atoms with Crippen LogP contribution in [0, 0.1) is 10.1 Å². The molecule has 2 aromatic rings. The lowest BCUT2D eigenvalue weighted by molar-refractivity contribution is -0.385. The average molecular weight is 352 g/mol. The number of alkyl halides is 2. The van der Waals surface area contributed by atoms with Gasteiger partial charge >= 0.3 is 12.6 Å². The number of anilines is 1. The number of carbonyl (C=O) groups is 1. The van der Waals surface area contributed by atoms with Crippen molar-refractivity contribution in [3.63, 3.8) is 0 Å². The fourth-order valence-electron chi connectivity index (χ4n) is 2.07. The summed E-state index contributed by atoms with van der Waals surface area (Å²) >= 11 is 0. The number of benzene rings is 2. The molecule has 0 radical (unpaired) electrons. The largest absolute Gasteiger partial charge is 0.465 e. The highest BCUT2D eigenvalue weighted by atomic mass is 19.3. The second kappa shape index (κ2) is 8.04. The normalized spacial score (nSPS) is 10.4. The van der Waals surface area contributed by atoms with Crippen molar-refractivity contribution < 1.29 is 28.0 Å². The molecule has 0 saturated heterocycles. The number of rotatable bonds is 7. The van der Waals surface area contributed by atoms with Crippen LogP contribution in [0.4, 0.5) is 20.2 Å². The van der Waals surface area contributed by atoms with Crippen LogP contribution in [0.5, 0.6) is 5.75 Å². The first-order valence-electron chi connectivity index (χ1n) is 7.05. The number of nitrogens with zero attached hydrogens (tertiary/aromatic N) is 1. The van der Waals surface area contributed by atoms with Gasteiger partial charge in [0, 0.05) is 18.3 Å². The minimum Gasteiger partial charge on any atom is -0.465 e. The van der Waals surface area contributed by atoms with Crippen molar-refractivity contribution in [2.45, 2.75) is 13.2 Å². The smallest absolute Gasteiger partial charge is 0.387 e. The number of nitro groups is 1. The number of halogens is 2. The highest BCUT2D eigenvalue weighted by molar-refractivity contribution is 5.95. The minimum absolute atomic E-state index is 0.0436. The third-order valence-corrected chi connectivity index (χ3v) is 3.24. The van der Waals surface area contributed by atoms with Gasteiger partial charge in [-0.05, 0) is 29.8 Å². The fourth-order valence-corrected chi connectivity index (χ4v) is 2.07. The Kier molecular flexibility index (Phi) is 5.83. The van der Waals surface area contributed by atoms with Crippen molar-refractivity contribution in [2.75, 3.05) is 12.4 Å². The van der Waals surface area contributed by atoms with E-state index in [2.05, 4.69) is 14.8 Å². The summed E-state index contributed by atoms with van der Waals surface area (Å²) in [4.78, 5) is 21.9. The zero-order valence-electron chi connectivity index (χ0n) is 13.1. The van der Waals surface area contributed by atoms with Crippen LogP contribution in [-0.4, -0.2) is 24.6 Å². The second-order valence-electron chi connectivity index (χ2n) is 4.86. The predicted octanol–water partition coefficient (Wildman–Crippen LogP) is 3.59. The highest BCUT2D eigenvalue weighted by Crippen LogP contribution is 2.24. The molecule has 7 nitrogen and oxygen atoms in total. The van der Waals surface area contributed by atoms with Crippen LogP contribution in [0.3, 0.4) is 0 Å². The van der Waals surface area contributed by atoms with Gasteiger partial charge in [-0.2, -0.15) is 8.78 Å². The molecule has 0 aliphatic heterocycles. The van der Waals surface area contributed by atoms with Crippen LogP contribution in [0.1, 0.15) is 15.9 Å². The molecule has 1 N–H and O–H groups in total. The predicted molar refractivity (Wildman–Crippen MR) is 84.8 cm³/mol. The van der Waals surface area contributed by atoms with Crippen LogP contribution in [0.2, 0.25) is 0 Å². The molecule has 0 aliphatic carbocycles. The van der Waals surface area contributed by atoms with Crippen LogP contribution in [0.15, 0.2) is 42.5 Å². The monoisotopic (exact) mass is 352 g/mol. The van der Waals surface area contributed by atoms with Crippen molar-refractivity contribution in [1.82, 2.24) is 0 Å². The first-order valence-corrected chi connectivity index (χ1v) is 7.05. The molecule has 0 spiro atoms. The number of carbonyl (C=O) groups excluding carboxylic acids is 1. The van der Waals surface area contributed by atoms with E-state index in [1.165, 1.54) is 30.3 Å². The fraction of sp³-hybridized carbons (Fsp3) is 0.188. The van der Waals surface area contributed by atoms with Crippen LogP contribution < -0.4 is 10.1 Å². The number of esters is 1.